The van der Waals surface area contributed by atoms with Crippen LogP contribution in [0.4, 0.5) is 11.4 Å². The highest BCUT2D eigenvalue weighted by molar-refractivity contribution is 6.05. The van der Waals surface area contributed by atoms with Gasteiger partial charge in [0.05, 0.1) is 12.3 Å². The number of anilines is 2. The average molecular weight is 298 g/mol. The van der Waals surface area contributed by atoms with E-state index in [-0.39, 0.29) is 5.91 Å². The van der Waals surface area contributed by atoms with Crippen LogP contribution < -0.4 is 15.0 Å². The summed E-state index contributed by atoms with van der Waals surface area (Å²) in [7, 11) is 3.97. The first-order valence-electron chi connectivity index (χ1n) is 7.34. The zero-order valence-electron chi connectivity index (χ0n) is 13.5. The highest BCUT2D eigenvalue weighted by Gasteiger charge is 2.11. The summed E-state index contributed by atoms with van der Waals surface area (Å²) in [5.41, 5.74) is 3.49. The molecule has 0 radical (unpaired) electrons. The third-order valence-electron chi connectivity index (χ3n) is 3.38. The summed E-state index contributed by atoms with van der Waals surface area (Å²) in [6.07, 6.45) is 0. The number of carbonyl (C=O) groups is 1. The number of benzene rings is 2. The van der Waals surface area contributed by atoms with Crippen LogP contribution in [0, 0.1) is 6.92 Å². The molecule has 0 aliphatic rings. The molecule has 0 aliphatic heterocycles. The van der Waals surface area contributed by atoms with E-state index in [1.54, 1.807) is 0 Å². The van der Waals surface area contributed by atoms with Crippen molar-refractivity contribution < 1.29 is 9.53 Å². The van der Waals surface area contributed by atoms with E-state index < -0.39 is 0 Å². The molecular weight excluding hydrogens is 276 g/mol. The fourth-order valence-electron chi connectivity index (χ4n) is 2.34. The van der Waals surface area contributed by atoms with Gasteiger partial charge in [-0.25, -0.2) is 0 Å². The molecule has 0 saturated carbocycles. The maximum absolute atomic E-state index is 12.4. The van der Waals surface area contributed by atoms with Gasteiger partial charge in [0.25, 0.3) is 5.91 Å². The quantitative estimate of drug-likeness (QED) is 0.915. The maximum atomic E-state index is 12.4. The average Bonchev–Trinajstić information content (AvgIpc) is 2.49. The molecule has 2 aromatic carbocycles. The van der Waals surface area contributed by atoms with Gasteiger partial charge in [0.15, 0.2) is 0 Å². The molecular formula is C18H22N2O2. The molecule has 0 fully saturated rings. The van der Waals surface area contributed by atoms with E-state index in [2.05, 4.69) is 5.32 Å². The van der Waals surface area contributed by atoms with E-state index in [4.69, 9.17) is 4.74 Å². The first-order valence-corrected chi connectivity index (χ1v) is 7.34. The van der Waals surface area contributed by atoms with E-state index in [1.165, 1.54) is 0 Å². The minimum Gasteiger partial charge on any atom is -0.492 e. The van der Waals surface area contributed by atoms with Crippen molar-refractivity contribution in [2.24, 2.45) is 0 Å². The van der Waals surface area contributed by atoms with Crippen molar-refractivity contribution in [1.29, 1.82) is 0 Å². The molecule has 0 unspecified atom stereocenters. The Morgan fingerprint density at radius 1 is 1.18 bits per heavy atom. The normalized spacial score (nSPS) is 10.2. The van der Waals surface area contributed by atoms with Crippen LogP contribution in [0.2, 0.25) is 0 Å². The molecule has 22 heavy (non-hydrogen) atoms. The van der Waals surface area contributed by atoms with E-state index >= 15 is 0 Å². The first-order chi connectivity index (χ1) is 10.5. The van der Waals surface area contributed by atoms with Gasteiger partial charge in [-0.15, -0.1) is 0 Å². The second-order valence-corrected chi connectivity index (χ2v) is 5.28. The standard InChI is InChI=1S/C18H22N2O2/c1-5-22-17-9-7-6-8-15(17)19-18(21)14-10-11-16(20(3)4)13(2)12-14/h6-12H,5H2,1-4H3,(H,19,21). The number of hydrogen-bond donors (Lipinski definition) is 1. The van der Waals surface area contributed by atoms with Crippen LogP contribution in [-0.2, 0) is 0 Å². The molecule has 2 rings (SSSR count). The van der Waals surface area contributed by atoms with Gasteiger partial charge in [0.2, 0.25) is 0 Å². The van der Waals surface area contributed by atoms with Crippen molar-refractivity contribution in [1.82, 2.24) is 0 Å². The molecule has 4 nitrogen and oxygen atoms in total. The third kappa shape index (κ3) is 3.58. The van der Waals surface area contributed by atoms with Gasteiger partial charge in [-0.1, -0.05) is 12.1 Å². The summed E-state index contributed by atoms with van der Waals surface area (Å²) in [5.74, 6) is 0.542. The lowest BCUT2D eigenvalue weighted by atomic mass is 10.1. The first kappa shape index (κ1) is 15.9. The van der Waals surface area contributed by atoms with Crippen molar-refractivity contribution in [3.05, 3.63) is 53.6 Å². The van der Waals surface area contributed by atoms with Gasteiger partial charge < -0.3 is 15.0 Å². The van der Waals surface area contributed by atoms with Crippen LogP contribution in [0.5, 0.6) is 5.75 Å². The number of amides is 1. The molecule has 0 aromatic heterocycles. The Morgan fingerprint density at radius 3 is 2.55 bits per heavy atom. The Labute approximate surface area is 131 Å². The SMILES string of the molecule is CCOc1ccccc1NC(=O)c1ccc(N(C)C)c(C)c1. The summed E-state index contributed by atoms with van der Waals surface area (Å²) in [6.45, 7) is 4.48. The van der Waals surface area contributed by atoms with Crippen LogP contribution in [-0.4, -0.2) is 26.6 Å². The lowest BCUT2D eigenvalue weighted by molar-refractivity contribution is 0.102. The molecule has 0 saturated heterocycles. The highest BCUT2D eigenvalue weighted by Crippen LogP contribution is 2.25. The molecule has 0 spiro atoms. The monoisotopic (exact) mass is 298 g/mol. The summed E-state index contributed by atoms with van der Waals surface area (Å²) in [5, 5.41) is 2.91. The Bertz CT molecular complexity index is 666. The molecule has 1 amide bonds. The lowest BCUT2D eigenvalue weighted by Gasteiger charge is -2.16. The minimum atomic E-state index is -0.138. The Kier molecular flexibility index (Phi) is 5.04. The van der Waals surface area contributed by atoms with Gasteiger partial charge in [-0.3, -0.25) is 4.79 Å². The number of nitrogens with zero attached hydrogens (tertiary/aromatic N) is 1. The zero-order valence-corrected chi connectivity index (χ0v) is 13.5. The van der Waals surface area contributed by atoms with Crippen molar-refractivity contribution in [2.75, 3.05) is 30.9 Å². The van der Waals surface area contributed by atoms with Crippen LogP contribution >= 0.6 is 0 Å². The van der Waals surface area contributed by atoms with E-state index in [0.717, 1.165) is 11.3 Å². The molecule has 4 heteroatoms. The molecule has 0 aliphatic carbocycles. The topological polar surface area (TPSA) is 41.6 Å². The molecule has 0 bridgehead atoms. The van der Waals surface area contributed by atoms with Crippen LogP contribution in [0.25, 0.3) is 0 Å². The molecule has 1 N–H and O–H groups in total. The van der Waals surface area contributed by atoms with Crippen LogP contribution in [0.15, 0.2) is 42.5 Å². The summed E-state index contributed by atoms with van der Waals surface area (Å²) >= 11 is 0. The molecule has 2 aromatic rings. The number of nitrogens with one attached hydrogen (secondary N) is 1. The van der Waals surface area contributed by atoms with Gasteiger partial charge in [0, 0.05) is 25.3 Å². The summed E-state index contributed by atoms with van der Waals surface area (Å²) in [4.78, 5) is 14.5. The lowest BCUT2D eigenvalue weighted by Crippen LogP contribution is -2.15. The minimum absolute atomic E-state index is 0.138. The Hall–Kier alpha value is -2.49. The fourth-order valence-corrected chi connectivity index (χ4v) is 2.34. The summed E-state index contributed by atoms with van der Waals surface area (Å²) in [6, 6.07) is 13.1. The van der Waals surface area contributed by atoms with Crippen molar-refractivity contribution >= 4 is 17.3 Å². The smallest absolute Gasteiger partial charge is 0.255 e. The molecule has 0 heterocycles. The molecule has 116 valence electrons. The van der Waals surface area contributed by atoms with Gasteiger partial charge >= 0.3 is 0 Å². The predicted molar refractivity (Wildman–Crippen MR) is 91.1 cm³/mol. The van der Waals surface area contributed by atoms with Crippen molar-refractivity contribution in [3.8, 4) is 5.75 Å². The van der Waals surface area contributed by atoms with E-state index in [0.29, 0.717) is 23.6 Å². The van der Waals surface area contributed by atoms with Gasteiger partial charge in [0.1, 0.15) is 5.75 Å². The van der Waals surface area contributed by atoms with Crippen LogP contribution in [0.3, 0.4) is 0 Å². The van der Waals surface area contributed by atoms with Crippen LogP contribution in [0.1, 0.15) is 22.8 Å². The zero-order chi connectivity index (χ0) is 16.1. The molecule has 0 atom stereocenters. The van der Waals surface area contributed by atoms with E-state index in [9.17, 15) is 4.79 Å². The van der Waals surface area contributed by atoms with Crippen molar-refractivity contribution in [3.63, 3.8) is 0 Å². The Balaban J connectivity index is 2.21. The number of aryl methyl sites for hydroxylation is 1. The number of carbonyl (C=O) groups excluding carboxylic acids is 1. The summed E-state index contributed by atoms with van der Waals surface area (Å²) < 4.78 is 5.53. The predicted octanol–water partition coefficient (Wildman–Crippen LogP) is 3.71. The second-order valence-electron chi connectivity index (χ2n) is 5.28. The van der Waals surface area contributed by atoms with Gasteiger partial charge in [-0.05, 0) is 49.7 Å². The number of hydrogen-bond acceptors (Lipinski definition) is 3. The van der Waals surface area contributed by atoms with Crippen molar-refractivity contribution in [2.45, 2.75) is 13.8 Å². The number of rotatable bonds is 5. The van der Waals surface area contributed by atoms with Gasteiger partial charge in [-0.2, -0.15) is 0 Å². The third-order valence-corrected chi connectivity index (χ3v) is 3.38. The maximum Gasteiger partial charge on any atom is 0.255 e. The number of ether oxygens (including phenoxy) is 1. The largest absolute Gasteiger partial charge is 0.492 e. The Morgan fingerprint density at radius 2 is 1.91 bits per heavy atom. The van der Waals surface area contributed by atoms with E-state index in [1.807, 2.05) is 75.3 Å². The highest BCUT2D eigenvalue weighted by atomic mass is 16.5. The second kappa shape index (κ2) is 6.98. The number of para-hydroxylation sites is 2. The fraction of sp³-hybridized carbons (Fsp3) is 0.278.